The first-order chi connectivity index (χ1) is 29.9. The van der Waals surface area contributed by atoms with E-state index in [0.717, 1.165) is 11.0 Å². The van der Waals surface area contributed by atoms with Crippen molar-refractivity contribution in [2.75, 3.05) is 56.0 Å². The molecule has 1 aromatic carbocycles. The monoisotopic (exact) mass is 873 g/mol. The van der Waals surface area contributed by atoms with E-state index >= 15 is 8.78 Å². The van der Waals surface area contributed by atoms with E-state index in [1.807, 2.05) is 4.90 Å². The number of imidazole rings is 1. The van der Waals surface area contributed by atoms with Crippen LogP contribution in [-0.4, -0.2) is 127 Å². The van der Waals surface area contributed by atoms with Crippen molar-refractivity contribution in [3.05, 3.63) is 88.1 Å². The first-order valence-electron chi connectivity index (χ1n) is 20.8. The van der Waals surface area contributed by atoms with E-state index in [0.29, 0.717) is 31.6 Å². The van der Waals surface area contributed by atoms with Crippen LogP contribution >= 0.6 is 0 Å². The molecule has 2 unspecified atom stereocenters. The number of piperazine rings is 1. The maximum absolute atomic E-state index is 16.2. The largest absolute Gasteiger partial charge is 0.386 e. The Kier molecular flexibility index (Phi) is 10.3. The Morgan fingerprint density at radius 2 is 1.60 bits per heavy atom. The van der Waals surface area contributed by atoms with E-state index in [-0.39, 0.29) is 109 Å². The fourth-order valence-corrected chi connectivity index (χ4v) is 9.09. The van der Waals surface area contributed by atoms with Crippen molar-refractivity contribution in [3.63, 3.8) is 0 Å². The van der Waals surface area contributed by atoms with Crippen LogP contribution in [0.1, 0.15) is 106 Å². The van der Waals surface area contributed by atoms with Crippen LogP contribution in [-0.2, 0) is 20.0 Å². The highest BCUT2D eigenvalue weighted by Gasteiger charge is 2.58. The molecule has 63 heavy (non-hydrogen) atoms. The van der Waals surface area contributed by atoms with Crippen molar-refractivity contribution in [3.8, 4) is 0 Å². The van der Waals surface area contributed by atoms with Gasteiger partial charge in [-0.15, -0.1) is 0 Å². The Morgan fingerprint density at radius 1 is 0.921 bits per heavy atom. The number of anilines is 2. The highest BCUT2D eigenvalue weighted by atomic mass is 19.3. The lowest BCUT2D eigenvalue weighted by Gasteiger charge is -2.38. The molecule has 4 fully saturated rings. The van der Waals surface area contributed by atoms with Crippen molar-refractivity contribution >= 4 is 52.5 Å². The van der Waals surface area contributed by atoms with E-state index in [4.69, 9.17) is 0 Å². The minimum atomic E-state index is -2.88. The van der Waals surface area contributed by atoms with Gasteiger partial charge < -0.3 is 24.6 Å². The standard InChI is InChI=1S/C43H43F4N9O7/c1-42(2,63)35-30(50-38(59)28-5-3-4-27(48-28)25-18-43(25,46)47)20-55-19-29(49-37(55)36(35)45)22-8-10-52(11-9-22)21-34(58)54-14-12-53(13-15-54)32-17-24-23(16-26(32)44)40(61)56(41(24)62)31-6-7-33(57)51-39(31)60/h3-5,16-17,19-20,22,25,31,63H,6-15,18,21H2,1-2H3,(H,50,59)(H,51,57,60). The number of halogens is 4. The summed E-state index contributed by atoms with van der Waals surface area (Å²) >= 11 is 0. The van der Waals surface area contributed by atoms with Crippen LogP contribution in [0.25, 0.3) is 5.65 Å². The van der Waals surface area contributed by atoms with Crippen LogP contribution < -0.4 is 15.5 Å². The molecule has 0 spiro atoms. The number of pyridine rings is 2. The SMILES string of the molecule is CC(C)(O)c1c(NC(=O)c2cccc(C3CC3(F)F)n2)cn2cc(C3CCN(CC(=O)N4CCN(c5cc6c(cc5F)C(=O)N(C5CCC(=O)NC5=O)C6=O)CC4)CC3)nc2c1F. The fourth-order valence-electron chi connectivity index (χ4n) is 9.09. The van der Waals surface area contributed by atoms with Crippen LogP contribution in [0.15, 0.2) is 42.7 Å². The van der Waals surface area contributed by atoms with Gasteiger partial charge in [0.1, 0.15) is 17.6 Å². The molecule has 3 saturated heterocycles. The van der Waals surface area contributed by atoms with Gasteiger partial charge in [-0.3, -0.25) is 43.9 Å². The second kappa shape index (κ2) is 15.5. The Balaban J connectivity index is 0.808. The third-order valence-corrected chi connectivity index (χ3v) is 12.6. The summed E-state index contributed by atoms with van der Waals surface area (Å²) in [6.45, 7) is 5.07. The van der Waals surface area contributed by atoms with Gasteiger partial charge in [0.15, 0.2) is 11.5 Å². The Labute approximate surface area is 357 Å². The second-order valence-electron chi connectivity index (χ2n) is 17.3. The van der Waals surface area contributed by atoms with Gasteiger partial charge in [-0.2, -0.15) is 0 Å². The molecule has 5 aliphatic rings. The smallest absolute Gasteiger partial charge is 0.274 e. The Bertz CT molecular complexity index is 2610. The predicted octanol–water partition coefficient (Wildman–Crippen LogP) is 3.54. The molecule has 1 saturated carbocycles. The molecule has 330 valence electrons. The number of alkyl halides is 2. The van der Waals surface area contributed by atoms with Gasteiger partial charge in [-0.05, 0) is 70.5 Å². The number of fused-ring (bicyclic) bond motifs is 2. The molecular weight excluding hydrogens is 831 g/mol. The van der Waals surface area contributed by atoms with E-state index in [9.17, 15) is 42.7 Å². The van der Waals surface area contributed by atoms with Crippen LogP contribution in [0.3, 0.4) is 0 Å². The number of aliphatic hydroxyl groups is 1. The van der Waals surface area contributed by atoms with Crippen LogP contribution in [0.2, 0.25) is 0 Å². The molecule has 0 bridgehead atoms. The van der Waals surface area contributed by atoms with Gasteiger partial charge >= 0.3 is 0 Å². The molecular formula is C43H43F4N9O7. The highest BCUT2D eigenvalue weighted by Crippen LogP contribution is 2.55. The lowest BCUT2D eigenvalue weighted by molar-refractivity contribution is -0.136. The number of nitrogens with zero attached hydrogens (tertiary/aromatic N) is 7. The number of benzene rings is 1. The summed E-state index contributed by atoms with van der Waals surface area (Å²) in [4.78, 5) is 92.1. The zero-order chi connectivity index (χ0) is 44.7. The molecule has 4 aromatic rings. The maximum Gasteiger partial charge on any atom is 0.274 e. The molecule has 6 amide bonds. The number of hydrogen-bond acceptors (Lipinski definition) is 11. The van der Waals surface area contributed by atoms with Crippen molar-refractivity contribution in [2.24, 2.45) is 0 Å². The van der Waals surface area contributed by atoms with E-state index in [1.165, 1.54) is 48.7 Å². The topological polar surface area (TPSA) is 190 Å². The quantitative estimate of drug-likeness (QED) is 0.165. The number of carbonyl (C=O) groups excluding carboxylic acids is 6. The number of piperidine rings is 2. The summed E-state index contributed by atoms with van der Waals surface area (Å²) in [5.41, 5.74) is -1.60. The molecule has 1 aliphatic carbocycles. The number of hydrogen-bond donors (Lipinski definition) is 3. The highest BCUT2D eigenvalue weighted by molar-refractivity contribution is 6.23. The van der Waals surface area contributed by atoms with Gasteiger partial charge in [0.05, 0.1) is 52.0 Å². The molecule has 4 aliphatic heterocycles. The molecule has 3 aromatic heterocycles. The molecule has 9 rings (SSSR count). The lowest BCUT2D eigenvalue weighted by atomic mass is 9.94. The van der Waals surface area contributed by atoms with Crippen LogP contribution in [0.5, 0.6) is 0 Å². The van der Waals surface area contributed by atoms with Gasteiger partial charge in [0.25, 0.3) is 23.6 Å². The summed E-state index contributed by atoms with van der Waals surface area (Å²) in [5.74, 6) is -9.27. The van der Waals surface area contributed by atoms with Crippen LogP contribution in [0, 0.1) is 11.6 Å². The Morgan fingerprint density at radius 3 is 2.25 bits per heavy atom. The van der Waals surface area contributed by atoms with Crippen molar-refractivity contribution in [2.45, 2.75) is 75.4 Å². The second-order valence-corrected chi connectivity index (χ2v) is 17.3. The predicted molar refractivity (Wildman–Crippen MR) is 215 cm³/mol. The molecule has 7 heterocycles. The van der Waals surface area contributed by atoms with Gasteiger partial charge in [-0.1, -0.05) is 6.07 Å². The van der Waals surface area contributed by atoms with E-state index < -0.39 is 64.7 Å². The van der Waals surface area contributed by atoms with Crippen molar-refractivity contribution in [1.82, 2.24) is 34.4 Å². The number of aromatic nitrogens is 3. The molecule has 16 nitrogen and oxygen atoms in total. The zero-order valence-corrected chi connectivity index (χ0v) is 34.3. The molecule has 3 N–H and O–H groups in total. The summed E-state index contributed by atoms with van der Waals surface area (Å²) in [5, 5.41) is 15.7. The number of amides is 6. The van der Waals surface area contributed by atoms with Gasteiger partial charge in [-0.25, -0.2) is 27.5 Å². The summed E-state index contributed by atoms with van der Waals surface area (Å²) in [6.07, 6.45) is 3.91. The number of rotatable bonds is 9. The molecule has 20 heteroatoms. The minimum absolute atomic E-state index is 0.0210. The first kappa shape index (κ1) is 42.0. The third-order valence-electron chi connectivity index (χ3n) is 12.6. The summed E-state index contributed by atoms with van der Waals surface area (Å²) < 4.78 is 60.5. The first-order valence-corrected chi connectivity index (χ1v) is 20.8. The van der Waals surface area contributed by atoms with Gasteiger partial charge in [0, 0.05) is 62.9 Å². The number of likely N-dealkylation sites (tertiary alicyclic amines) is 1. The minimum Gasteiger partial charge on any atom is -0.386 e. The summed E-state index contributed by atoms with van der Waals surface area (Å²) in [7, 11) is 0. The van der Waals surface area contributed by atoms with Crippen molar-refractivity contribution < 1.29 is 51.4 Å². The molecule has 2 atom stereocenters. The van der Waals surface area contributed by atoms with E-state index in [1.54, 1.807) is 16.0 Å². The lowest BCUT2D eigenvalue weighted by Crippen LogP contribution is -2.54. The number of imide groups is 2. The zero-order valence-electron chi connectivity index (χ0n) is 34.3. The summed E-state index contributed by atoms with van der Waals surface area (Å²) in [6, 6.07) is 5.38. The average Bonchev–Trinajstić information content (AvgIpc) is 3.55. The Hall–Kier alpha value is -6.28. The number of carbonyl (C=O) groups is 6. The maximum atomic E-state index is 16.2. The average molecular weight is 874 g/mol. The van der Waals surface area contributed by atoms with E-state index in [2.05, 4.69) is 20.6 Å². The normalized spacial score (nSPS) is 21.9. The fraction of sp³-hybridized carbons (Fsp3) is 0.442. The number of nitrogens with one attached hydrogen (secondary N) is 2. The van der Waals surface area contributed by atoms with Crippen molar-refractivity contribution in [1.29, 1.82) is 0 Å². The molecule has 0 radical (unpaired) electrons. The van der Waals surface area contributed by atoms with Crippen LogP contribution in [0.4, 0.5) is 28.9 Å². The van der Waals surface area contributed by atoms with Gasteiger partial charge in [0.2, 0.25) is 17.7 Å². The third kappa shape index (κ3) is 7.78.